The molecule has 0 bridgehead atoms. The van der Waals surface area contributed by atoms with E-state index in [0.29, 0.717) is 23.1 Å². The highest BCUT2D eigenvalue weighted by molar-refractivity contribution is 6.06. The average molecular weight is 318 g/mol. The molecule has 0 atom stereocenters. The van der Waals surface area contributed by atoms with Crippen molar-refractivity contribution < 1.29 is 9.90 Å². The number of aryl methyl sites for hydroxylation is 1. The number of hydrogen-bond acceptors (Lipinski definition) is 4. The van der Waals surface area contributed by atoms with Crippen LogP contribution in [-0.4, -0.2) is 31.0 Å². The Hall–Kier alpha value is -3.28. The third kappa shape index (κ3) is 2.38. The first-order valence-electron chi connectivity index (χ1n) is 7.54. The summed E-state index contributed by atoms with van der Waals surface area (Å²) in [5.74, 6) is -0.285. The van der Waals surface area contributed by atoms with Crippen molar-refractivity contribution in [2.24, 2.45) is 0 Å². The van der Waals surface area contributed by atoms with Crippen LogP contribution < -0.4 is 0 Å². The van der Waals surface area contributed by atoms with Crippen molar-refractivity contribution in [2.75, 3.05) is 0 Å². The molecule has 3 aromatic heterocycles. The minimum atomic E-state index is -1.00. The van der Waals surface area contributed by atoms with Crippen LogP contribution in [0.1, 0.15) is 27.4 Å². The first-order valence-corrected chi connectivity index (χ1v) is 7.54. The highest BCUT2D eigenvalue weighted by atomic mass is 16.4. The van der Waals surface area contributed by atoms with E-state index in [4.69, 9.17) is 5.11 Å². The van der Waals surface area contributed by atoms with Gasteiger partial charge in [-0.15, -0.1) is 0 Å². The molecular formula is C18H14N4O2. The molecule has 2 N–H and O–H groups in total. The number of nitrogens with one attached hydrogen (secondary N) is 1. The van der Waals surface area contributed by atoms with Gasteiger partial charge < -0.3 is 10.1 Å². The van der Waals surface area contributed by atoms with Crippen molar-refractivity contribution in [3.63, 3.8) is 0 Å². The van der Waals surface area contributed by atoms with Crippen LogP contribution >= 0.6 is 0 Å². The molecule has 0 fully saturated rings. The van der Waals surface area contributed by atoms with E-state index in [-0.39, 0.29) is 5.56 Å². The average Bonchev–Trinajstić information content (AvgIpc) is 2.93. The van der Waals surface area contributed by atoms with Crippen molar-refractivity contribution >= 4 is 28.0 Å². The minimum absolute atomic E-state index is 0.143. The van der Waals surface area contributed by atoms with Gasteiger partial charge in [-0.2, -0.15) is 0 Å². The molecule has 0 aliphatic heterocycles. The summed E-state index contributed by atoms with van der Waals surface area (Å²) in [5, 5.41) is 9.93. The van der Waals surface area contributed by atoms with Crippen molar-refractivity contribution in [2.45, 2.75) is 13.3 Å². The second kappa shape index (κ2) is 5.42. The standard InChI is InChI=1S/C18H14N4O2/c1-10-15-16-13(8-12(9-19-16)18(23)24)21-17(15)22-14(20-10)7-11-5-3-2-4-6-11/h2-6,8-9H,7H2,1H3,(H,23,24)(H,20,21,22). The summed E-state index contributed by atoms with van der Waals surface area (Å²) in [6, 6.07) is 11.6. The maximum absolute atomic E-state index is 11.1. The quantitative estimate of drug-likeness (QED) is 0.605. The molecule has 0 radical (unpaired) electrons. The van der Waals surface area contributed by atoms with Crippen molar-refractivity contribution in [1.29, 1.82) is 0 Å². The molecule has 0 aliphatic rings. The number of fused-ring (bicyclic) bond motifs is 3. The number of pyridine rings is 1. The molecular weight excluding hydrogens is 304 g/mol. The Kier molecular flexibility index (Phi) is 3.23. The monoisotopic (exact) mass is 318 g/mol. The number of carboxylic acid groups (broad SMARTS) is 1. The lowest BCUT2D eigenvalue weighted by Gasteiger charge is -2.03. The largest absolute Gasteiger partial charge is 0.478 e. The number of benzene rings is 1. The highest BCUT2D eigenvalue weighted by Crippen LogP contribution is 2.25. The van der Waals surface area contributed by atoms with E-state index >= 15 is 0 Å². The Morgan fingerprint density at radius 3 is 2.75 bits per heavy atom. The molecule has 0 spiro atoms. The summed E-state index contributed by atoms with van der Waals surface area (Å²) in [6.07, 6.45) is 2.00. The summed E-state index contributed by atoms with van der Waals surface area (Å²) in [7, 11) is 0. The van der Waals surface area contributed by atoms with E-state index in [9.17, 15) is 4.79 Å². The first-order chi connectivity index (χ1) is 11.6. The zero-order valence-electron chi connectivity index (χ0n) is 12.9. The molecule has 3 heterocycles. The maximum Gasteiger partial charge on any atom is 0.337 e. The third-order valence-electron chi connectivity index (χ3n) is 3.97. The maximum atomic E-state index is 11.1. The number of aromatic nitrogens is 4. The number of aromatic amines is 1. The van der Waals surface area contributed by atoms with E-state index in [1.807, 2.05) is 37.3 Å². The van der Waals surface area contributed by atoms with E-state index in [1.54, 1.807) is 6.07 Å². The molecule has 24 heavy (non-hydrogen) atoms. The SMILES string of the molecule is Cc1nc(Cc2ccccc2)nc2[nH]c3cc(C(=O)O)cnc3c12. The fourth-order valence-corrected chi connectivity index (χ4v) is 2.87. The van der Waals surface area contributed by atoms with Crippen LogP contribution in [0.5, 0.6) is 0 Å². The molecule has 118 valence electrons. The number of aromatic carboxylic acids is 1. The van der Waals surface area contributed by atoms with Gasteiger partial charge in [0.2, 0.25) is 0 Å². The number of carboxylic acids is 1. The topological polar surface area (TPSA) is 91.8 Å². The zero-order chi connectivity index (χ0) is 16.7. The summed E-state index contributed by atoms with van der Waals surface area (Å²) in [6.45, 7) is 1.92. The van der Waals surface area contributed by atoms with Crippen LogP contribution in [0.4, 0.5) is 0 Å². The van der Waals surface area contributed by atoms with Gasteiger partial charge in [-0.3, -0.25) is 4.98 Å². The Morgan fingerprint density at radius 1 is 1.21 bits per heavy atom. The molecule has 0 aliphatic carbocycles. The highest BCUT2D eigenvalue weighted by Gasteiger charge is 2.14. The lowest BCUT2D eigenvalue weighted by atomic mass is 10.1. The smallest absolute Gasteiger partial charge is 0.337 e. The van der Waals surface area contributed by atoms with E-state index in [2.05, 4.69) is 19.9 Å². The zero-order valence-corrected chi connectivity index (χ0v) is 12.9. The summed E-state index contributed by atoms with van der Waals surface area (Å²) >= 11 is 0. The minimum Gasteiger partial charge on any atom is -0.478 e. The Morgan fingerprint density at radius 2 is 2.00 bits per heavy atom. The predicted octanol–water partition coefficient (Wildman–Crippen LogP) is 3.10. The van der Waals surface area contributed by atoms with Gasteiger partial charge in [0.15, 0.2) is 0 Å². The molecule has 6 heteroatoms. The molecule has 0 saturated carbocycles. The fourth-order valence-electron chi connectivity index (χ4n) is 2.87. The van der Waals surface area contributed by atoms with Crippen LogP contribution in [0, 0.1) is 6.92 Å². The Bertz CT molecular complexity index is 1070. The van der Waals surface area contributed by atoms with Crippen molar-refractivity contribution in [1.82, 2.24) is 19.9 Å². The van der Waals surface area contributed by atoms with Gasteiger partial charge >= 0.3 is 5.97 Å². The van der Waals surface area contributed by atoms with Gasteiger partial charge in [-0.1, -0.05) is 30.3 Å². The lowest BCUT2D eigenvalue weighted by Crippen LogP contribution is -1.99. The number of carbonyl (C=O) groups is 1. The van der Waals surface area contributed by atoms with Crippen molar-refractivity contribution in [3.05, 3.63) is 65.2 Å². The van der Waals surface area contributed by atoms with Crippen LogP contribution in [0.25, 0.3) is 22.1 Å². The predicted molar refractivity (Wildman–Crippen MR) is 90.1 cm³/mol. The van der Waals surface area contributed by atoms with Crippen LogP contribution in [0.15, 0.2) is 42.6 Å². The Balaban J connectivity index is 1.85. The van der Waals surface area contributed by atoms with Gasteiger partial charge in [0.1, 0.15) is 11.5 Å². The van der Waals surface area contributed by atoms with E-state index < -0.39 is 5.97 Å². The molecule has 0 amide bonds. The summed E-state index contributed by atoms with van der Waals surface area (Å²) in [4.78, 5) is 27.7. The van der Waals surface area contributed by atoms with E-state index in [0.717, 1.165) is 22.5 Å². The second-order valence-corrected chi connectivity index (χ2v) is 5.66. The second-order valence-electron chi connectivity index (χ2n) is 5.66. The number of rotatable bonds is 3. The molecule has 0 unspecified atom stereocenters. The van der Waals surface area contributed by atoms with Crippen LogP contribution in [0.2, 0.25) is 0 Å². The molecule has 1 aromatic carbocycles. The molecule has 0 saturated heterocycles. The van der Waals surface area contributed by atoms with Crippen molar-refractivity contribution in [3.8, 4) is 0 Å². The summed E-state index contributed by atoms with van der Waals surface area (Å²) < 4.78 is 0. The van der Waals surface area contributed by atoms with Gasteiger partial charge in [0, 0.05) is 12.6 Å². The van der Waals surface area contributed by atoms with Gasteiger partial charge in [-0.25, -0.2) is 14.8 Å². The molecule has 4 rings (SSSR count). The third-order valence-corrected chi connectivity index (χ3v) is 3.97. The number of H-pyrrole nitrogens is 1. The lowest BCUT2D eigenvalue weighted by molar-refractivity contribution is 0.0696. The molecule has 6 nitrogen and oxygen atoms in total. The summed E-state index contributed by atoms with van der Waals surface area (Å²) in [5.41, 5.74) is 4.13. The Labute approximate surface area is 137 Å². The number of nitrogens with zero attached hydrogens (tertiary/aromatic N) is 3. The van der Waals surface area contributed by atoms with Crippen LogP contribution in [0.3, 0.4) is 0 Å². The van der Waals surface area contributed by atoms with Gasteiger partial charge in [0.25, 0.3) is 0 Å². The molecule has 4 aromatic rings. The van der Waals surface area contributed by atoms with E-state index in [1.165, 1.54) is 6.20 Å². The first kappa shape index (κ1) is 14.3. The normalized spacial score (nSPS) is 11.2. The fraction of sp³-hybridized carbons (Fsp3) is 0.111. The van der Waals surface area contributed by atoms with Gasteiger partial charge in [0.05, 0.1) is 27.7 Å². The van der Waals surface area contributed by atoms with Gasteiger partial charge in [-0.05, 0) is 18.6 Å². The van der Waals surface area contributed by atoms with Crippen LogP contribution in [-0.2, 0) is 6.42 Å². The number of hydrogen-bond donors (Lipinski definition) is 2.